The quantitative estimate of drug-likeness (QED) is 0.692. The second-order valence-electron chi connectivity index (χ2n) is 5.83. The smallest absolute Gasteiger partial charge is 0.319 e. The van der Waals surface area contributed by atoms with Gasteiger partial charge < -0.3 is 25.4 Å². The van der Waals surface area contributed by atoms with E-state index in [0.29, 0.717) is 17.9 Å². The summed E-state index contributed by atoms with van der Waals surface area (Å²) in [6.07, 6.45) is 1.61. The molecule has 0 saturated carbocycles. The van der Waals surface area contributed by atoms with Crippen LogP contribution in [0.1, 0.15) is 26.7 Å². The second kappa shape index (κ2) is 7.61. The van der Waals surface area contributed by atoms with Gasteiger partial charge in [0.1, 0.15) is 12.0 Å². The summed E-state index contributed by atoms with van der Waals surface area (Å²) in [5, 5.41) is 14.1. The van der Waals surface area contributed by atoms with Gasteiger partial charge in [-0.3, -0.25) is 4.79 Å². The number of carboxylic acids is 1. The fourth-order valence-corrected chi connectivity index (χ4v) is 1.90. The van der Waals surface area contributed by atoms with Crippen LogP contribution in [0.15, 0.2) is 6.33 Å². The first-order chi connectivity index (χ1) is 10.7. The molecule has 0 aliphatic carbocycles. The summed E-state index contributed by atoms with van der Waals surface area (Å²) in [4.78, 5) is 32.7. The molecule has 0 spiro atoms. The highest BCUT2D eigenvalue weighted by atomic mass is 16.5. The first kappa shape index (κ1) is 18.5. The zero-order chi connectivity index (χ0) is 17.6. The number of aliphatic carboxylic acids is 1. The molecule has 1 aromatic rings. The van der Waals surface area contributed by atoms with Gasteiger partial charge in [-0.25, -0.2) is 9.78 Å². The van der Waals surface area contributed by atoms with Gasteiger partial charge in [0.2, 0.25) is 5.88 Å². The van der Waals surface area contributed by atoms with Crippen LogP contribution in [0.3, 0.4) is 0 Å². The van der Waals surface area contributed by atoms with Crippen LogP contribution in [-0.2, 0) is 4.79 Å². The summed E-state index contributed by atoms with van der Waals surface area (Å²) in [7, 11) is 5.00. The Morgan fingerprint density at radius 2 is 2.00 bits per heavy atom. The average molecular weight is 325 g/mol. The highest BCUT2D eigenvalue weighted by Gasteiger charge is 2.23. The first-order valence-corrected chi connectivity index (χ1v) is 7.03. The summed E-state index contributed by atoms with van der Waals surface area (Å²) in [5.41, 5.74) is -0.338. The van der Waals surface area contributed by atoms with Crippen molar-refractivity contribution in [2.75, 3.05) is 31.4 Å². The molecule has 1 heterocycles. The zero-order valence-electron chi connectivity index (χ0n) is 14.0. The largest absolute Gasteiger partial charge is 0.481 e. The van der Waals surface area contributed by atoms with E-state index in [9.17, 15) is 9.59 Å². The Bertz CT molecular complexity index is 574. The maximum absolute atomic E-state index is 12.2. The number of anilines is 2. The summed E-state index contributed by atoms with van der Waals surface area (Å²) >= 11 is 0. The summed E-state index contributed by atoms with van der Waals surface area (Å²) in [5.74, 6) is -0.175. The van der Waals surface area contributed by atoms with Gasteiger partial charge >= 0.3 is 12.0 Å². The number of hydrogen-bond donors (Lipinski definition) is 3. The number of nitrogens with one attached hydrogen (secondary N) is 2. The van der Waals surface area contributed by atoms with Gasteiger partial charge in [0, 0.05) is 26.1 Å². The fraction of sp³-hybridized carbons (Fsp3) is 0.571. The number of methoxy groups -OCH3 is 1. The molecule has 0 unspecified atom stereocenters. The van der Waals surface area contributed by atoms with Crippen molar-refractivity contribution < 1.29 is 19.4 Å². The summed E-state index contributed by atoms with van der Waals surface area (Å²) < 4.78 is 5.15. The number of aromatic nitrogens is 2. The minimum Gasteiger partial charge on any atom is -0.481 e. The fourth-order valence-electron chi connectivity index (χ4n) is 1.90. The van der Waals surface area contributed by atoms with Crippen molar-refractivity contribution in [1.82, 2.24) is 15.3 Å². The molecule has 0 aliphatic heterocycles. The van der Waals surface area contributed by atoms with Crippen LogP contribution in [-0.4, -0.2) is 53.8 Å². The van der Waals surface area contributed by atoms with Gasteiger partial charge in [0.25, 0.3) is 0 Å². The van der Waals surface area contributed by atoms with Crippen molar-refractivity contribution in [3.8, 4) is 5.88 Å². The van der Waals surface area contributed by atoms with Gasteiger partial charge in [-0.2, -0.15) is 4.98 Å². The predicted octanol–water partition coefficient (Wildman–Crippen LogP) is 1.32. The van der Waals surface area contributed by atoms with Gasteiger partial charge in [-0.05, 0) is 20.3 Å². The molecule has 0 aliphatic rings. The van der Waals surface area contributed by atoms with E-state index in [1.165, 1.54) is 13.4 Å². The number of urea groups is 1. The van der Waals surface area contributed by atoms with E-state index in [4.69, 9.17) is 9.84 Å². The van der Waals surface area contributed by atoms with Crippen molar-refractivity contribution in [2.24, 2.45) is 0 Å². The van der Waals surface area contributed by atoms with E-state index >= 15 is 0 Å². The van der Waals surface area contributed by atoms with Crippen molar-refractivity contribution in [3.05, 3.63) is 6.33 Å². The Morgan fingerprint density at radius 3 is 2.52 bits per heavy atom. The standard InChI is InChI=1S/C14H23N5O4/c1-14(2,7-6-9(20)21)18-13(22)17-10-11(19(3)4)15-8-16-12(10)23-5/h8H,6-7H2,1-5H3,(H,20,21)(H2,17,18,22). The molecule has 1 aromatic heterocycles. The van der Waals surface area contributed by atoms with Gasteiger partial charge in [0.15, 0.2) is 5.82 Å². The molecule has 0 fully saturated rings. The number of rotatable bonds is 7. The third kappa shape index (κ3) is 5.61. The van der Waals surface area contributed by atoms with Crippen LogP contribution in [0, 0.1) is 0 Å². The van der Waals surface area contributed by atoms with Crippen LogP contribution in [0.5, 0.6) is 5.88 Å². The lowest BCUT2D eigenvalue weighted by atomic mass is 9.99. The van der Waals surface area contributed by atoms with E-state index in [1.54, 1.807) is 32.8 Å². The minimum absolute atomic E-state index is 0.0337. The Hall–Kier alpha value is -2.58. The highest BCUT2D eigenvalue weighted by Crippen LogP contribution is 2.29. The maximum Gasteiger partial charge on any atom is 0.319 e. The first-order valence-electron chi connectivity index (χ1n) is 7.03. The molecular weight excluding hydrogens is 302 g/mol. The van der Waals surface area contributed by atoms with Crippen molar-refractivity contribution in [1.29, 1.82) is 0 Å². The van der Waals surface area contributed by atoms with Gasteiger partial charge in [-0.15, -0.1) is 0 Å². The van der Waals surface area contributed by atoms with Crippen LogP contribution >= 0.6 is 0 Å². The van der Waals surface area contributed by atoms with Crippen LogP contribution in [0.4, 0.5) is 16.3 Å². The molecule has 9 nitrogen and oxygen atoms in total. The van der Waals surface area contributed by atoms with E-state index in [0.717, 1.165) is 0 Å². The van der Waals surface area contributed by atoms with Crippen LogP contribution < -0.4 is 20.3 Å². The summed E-state index contributed by atoms with van der Waals surface area (Å²) in [6.45, 7) is 3.50. The van der Waals surface area contributed by atoms with Gasteiger partial charge in [0.05, 0.1) is 7.11 Å². The van der Waals surface area contributed by atoms with Crippen LogP contribution in [0.25, 0.3) is 0 Å². The topological polar surface area (TPSA) is 117 Å². The van der Waals surface area contributed by atoms with Crippen molar-refractivity contribution >= 4 is 23.5 Å². The van der Waals surface area contributed by atoms with Crippen LogP contribution in [0.2, 0.25) is 0 Å². The van der Waals surface area contributed by atoms with E-state index in [2.05, 4.69) is 20.6 Å². The molecule has 0 bridgehead atoms. The number of carbonyl (C=O) groups is 2. The minimum atomic E-state index is -0.909. The predicted molar refractivity (Wildman–Crippen MR) is 86.0 cm³/mol. The maximum atomic E-state index is 12.2. The molecule has 0 radical (unpaired) electrons. The zero-order valence-corrected chi connectivity index (χ0v) is 14.0. The number of hydrogen-bond acceptors (Lipinski definition) is 6. The number of amides is 2. The third-order valence-corrected chi connectivity index (χ3v) is 3.06. The Morgan fingerprint density at radius 1 is 1.35 bits per heavy atom. The Balaban J connectivity index is 2.87. The third-order valence-electron chi connectivity index (χ3n) is 3.06. The monoisotopic (exact) mass is 325 g/mol. The highest BCUT2D eigenvalue weighted by molar-refractivity contribution is 5.94. The SMILES string of the molecule is COc1ncnc(N(C)C)c1NC(=O)NC(C)(C)CCC(=O)O. The Labute approximate surface area is 135 Å². The molecule has 0 atom stereocenters. The lowest BCUT2D eigenvalue weighted by Gasteiger charge is -2.26. The molecule has 0 saturated heterocycles. The molecule has 2 amide bonds. The van der Waals surface area contributed by atoms with Crippen molar-refractivity contribution in [2.45, 2.75) is 32.2 Å². The molecule has 0 aromatic carbocycles. The molecule has 23 heavy (non-hydrogen) atoms. The normalized spacial score (nSPS) is 10.8. The number of carbonyl (C=O) groups excluding carboxylic acids is 1. The summed E-state index contributed by atoms with van der Waals surface area (Å²) in [6, 6.07) is -0.489. The number of nitrogens with zero attached hydrogens (tertiary/aromatic N) is 3. The molecular formula is C14H23N5O4. The number of carboxylic acid groups (broad SMARTS) is 1. The lowest BCUT2D eigenvalue weighted by Crippen LogP contribution is -2.46. The molecule has 128 valence electrons. The van der Waals surface area contributed by atoms with E-state index in [-0.39, 0.29) is 12.3 Å². The van der Waals surface area contributed by atoms with E-state index in [1.807, 2.05) is 0 Å². The molecule has 1 rings (SSSR count). The molecule has 9 heteroatoms. The lowest BCUT2D eigenvalue weighted by molar-refractivity contribution is -0.137. The number of ether oxygens (including phenoxy) is 1. The van der Waals surface area contributed by atoms with Crippen molar-refractivity contribution in [3.63, 3.8) is 0 Å². The second-order valence-corrected chi connectivity index (χ2v) is 5.83. The van der Waals surface area contributed by atoms with E-state index < -0.39 is 17.5 Å². The van der Waals surface area contributed by atoms with Gasteiger partial charge in [-0.1, -0.05) is 0 Å². The Kier molecular flexibility index (Phi) is 6.11. The average Bonchev–Trinajstić information content (AvgIpc) is 2.44. The molecule has 3 N–H and O–H groups in total.